The van der Waals surface area contributed by atoms with Crippen LogP contribution in [-0.2, 0) is 23.8 Å². The third-order valence-corrected chi connectivity index (χ3v) is 14.7. The van der Waals surface area contributed by atoms with Crippen LogP contribution in [0.4, 0.5) is 0 Å². The third-order valence-electron chi connectivity index (χ3n) is 14.7. The van der Waals surface area contributed by atoms with Gasteiger partial charge in [0.15, 0.2) is 6.29 Å². The van der Waals surface area contributed by atoms with E-state index in [1.54, 1.807) is 6.08 Å². The summed E-state index contributed by atoms with van der Waals surface area (Å²) in [5, 5.41) is 54.2. The fourth-order valence-electron chi connectivity index (χ4n) is 9.75. The number of esters is 1. The number of unbranched alkanes of at least 4 members (excludes halogenated alkanes) is 36. The average molecular weight is 1050 g/mol. The van der Waals surface area contributed by atoms with Crippen LogP contribution in [0.15, 0.2) is 36.5 Å². The number of hydrogen-bond acceptors (Lipinski definition) is 10. The standard InChI is InChI=1S/C63H117NO10/c1-3-5-7-9-11-13-14-15-28-31-35-39-43-47-51-59(68)72-52-48-44-40-36-32-29-26-24-22-20-18-16-17-19-21-23-25-27-30-34-38-42-46-50-58(67)64-55(56(66)49-45-41-37-33-12-10-8-6-4-2)54-73-63-62(71)61(70)60(69)57(53-65)74-63/h9,11,14-15,45,49,55-57,60-63,65-66,69-71H,3-8,10,12-13,16-44,46-48,50-54H2,1-2H3,(H,64,67)/b11-9-,15-14-,49-45+. The quantitative estimate of drug-likeness (QED) is 0.0195. The van der Waals surface area contributed by atoms with Crippen LogP contribution in [0.25, 0.3) is 0 Å². The van der Waals surface area contributed by atoms with Gasteiger partial charge in [0.05, 0.1) is 32.0 Å². The fourth-order valence-corrected chi connectivity index (χ4v) is 9.75. The molecule has 1 fully saturated rings. The van der Waals surface area contributed by atoms with Gasteiger partial charge in [0.1, 0.15) is 24.4 Å². The summed E-state index contributed by atoms with van der Waals surface area (Å²) >= 11 is 0. The molecule has 1 amide bonds. The molecule has 1 aliphatic rings. The van der Waals surface area contributed by atoms with Gasteiger partial charge in [-0.25, -0.2) is 0 Å². The number of allylic oxidation sites excluding steroid dienone is 5. The lowest BCUT2D eigenvalue weighted by molar-refractivity contribution is -0.302. The highest BCUT2D eigenvalue weighted by molar-refractivity contribution is 5.76. The molecule has 0 spiro atoms. The highest BCUT2D eigenvalue weighted by Gasteiger charge is 2.44. The van der Waals surface area contributed by atoms with Crippen molar-refractivity contribution in [2.45, 2.75) is 333 Å². The lowest BCUT2D eigenvalue weighted by atomic mass is 9.99. The molecule has 0 bridgehead atoms. The number of carbonyl (C=O) groups excluding carboxylic acids is 2. The van der Waals surface area contributed by atoms with Crippen molar-refractivity contribution in [1.82, 2.24) is 5.32 Å². The zero-order valence-electron chi connectivity index (χ0n) is 47.8. The Morgan fingerprint density at radius 3 is 1.41 bits per heavy atom. The molecule has 434 valence electrons. The van der Waals surface area contributed by atoms with Crippen LogP contribution < -0.4 is 5.32 Å². The lowest BCUT2D eigenvalue weighted by Gasteiger charge is -2.40. The Kier molecular flexibility index (Phi) is 50.0. The van der Waals surface area contributed by atoms with Crippen molar-refractivity contribution in [3.05, 3.63) is 36.5 Å². The number of hydrogen-bond donors (Lipinski definition) is 6. The molecule has 0 aromatic rings. The summed E-state index contributed by atoms with van der Waals surface area (Å²) in [6.07, 6.45) is 55.4. The van der Waals surface area contributed by atoms with Gasteiger partial charge in [-0.15, -0.1) is 0 Å². The van der Waals surface area contributed by atoms with E-state index in [4.69, 9.17) is 14.2 Å². The van der Waals surface area contributed by atoms with Gasteiger partial charge in [-0.3, -0.25) is 9.59 Å². The summed E-state index contributed by atoms with van der Waals surface area (Å²) in [6.45, 7) is 4.28. The maximum atomic E-state index is 13.0. The molecule has 74 heavy (non-hydrogen) atoms. The molecule has 0 saturated carbocycles. The Morgan fingerprint density at radius 1 is 0.500 bits per heavy atom. The van der Waals surface area contributed by atoms with Gasteiger partial charge in [0.2, 0.25) is 5.91 Å². The minimum Gasteiger partial charge on any atom is -0.466 e. The van der Waals surface area contributed by atoms with Crippen molar-refractivity contribution < 1.29 is 49.3 Å². The van der Waals surface area contributed by atoms with Crippen molar-refractivity contribution >= 4 is 11.9 Å². The number of amides is 1. The molecule has 7 atom stereocenters. The van der Waals surface area contributed by atoms with E-state index in [9.17, 15) is 35.1 Å². The topological polar surface area (TPSA) is 175 Å². The molecule has 1 heterocycles. The second-order valence-electron chi connectivity index (χ2n) is 21.8. The predicted molar refractivity (Wildman–Crippen MR) is 306 cm³/mol. The van der Waals surface area contributed by atoms with Gasteiger partial charge < -0.3 is 45.1 Å². The Morgan fingerprint density at radius 2 is 0.919 bits per heavy atom. The highest BCUT2D eigenvalue weighted by Crippen LogP contribution is 2.23. The van der Waals surface area contributed by atoms with E-state index in [-0.39, 0.29) is 18.5 Å². The molecule has 11 nitrogen and oxygen atoms in total. The minimum absolute atomic E-state index is 0.0122. The maximum absolute atomic E-state index is 13.0. The van der Waals surface area contributed by atoms with Crippen LogP contribution in [0, 0.1) is 0 Å². The first-order valence-electron chi connectivity index (χ1n) is 31.3. The Balaban J connectivity index is 1.97. The molecule has 1 aliphatic heterocycles. The molecule has 0 aliphatic carbocycles. The number of aliphatic hydroxyl groups excluding tert-OH is 5. The molecule has 1 saturated heterocycles. The van der Waals surface area contributed by atoms with Gasteiger partial charge in [-0.2, -0.15) is 0 Å². The van der Waals surface area contributed by atoms with E-state index in [2.05, 4.69) is 43.5 Å². The Labute approximate surface area is 453 Å². The van der Waals surface area contributed by atoms with Crippen molar-refractivity contribution in [2.75, 3.05) is 19.8 Å². The number of ether oxygens (including phenoxy) is 3. The highest BCUT2D eigenvalue weighted by atomic mass is 16.7. The minimum atomic E-state index is -1.57. The first kappa shape index (κ1) is 69.9. The summed E-state index contributed by atoms with van der Waals surface area (Å²) in [7, 11) is 0. The first-order valence-corrected chi connectivity index (χ1v) is 31.3. The van der Waals surface area contributed by atoms with Crippen LogP contribution >= 0.6 is 0 Å². The van der Waals surface area contributed by atoms with Crippen LogP contribution in [0.1, 0.15) is 290 Å². The van der Waals surface area contributed by atoms with E-state index in [1.165, 1.54) is 193 Å². The van der Waals surface area contributed by atoms with Gasteiger partial charge in [-0.1, -0.05) is 256 Å². The van der Waals surface area contributed by atoms with E-state index in [0.717, 1.165) is 70.6 Å². The monoisotopic (exact) mass is 1050 g/mol. The summed E-state index contributed by atoms with van der Waals surface area (Å²) < 4.78 is 16.7. The number of nitrogens with one attached hydrogen (secondary N) is 1. The largest absolute Gasteiger partial charge is 0.466 e. The van der Waals surface area contributed by atoms with Crippen LogP contribution in [0.2, 0.25) is 0 Å². The summed E-state index contributed by atoms with van der Waals surface area (Å²) in [4.78, 5) is 25.0. The second-order valence-corrected chi connectivity index (χ2v) is 21.8. The second kappa shape index (κ2) is 52.9. The number of carbonyl (C=O) groups is 2. The predicted octanol–water partition coefficient (Wildman–Crippen LogP) is 14.7. The molecular weight excluding hydrogens is 931 g/mol. The average Bonchev–Trinajstić information content (AvgIpc) is 3.40. The summed E-state index contributed by atoms with van der Waals surface area (Å²) in [5.41, 5.74) is 0. The summed E-state index contributed by atoms with van der Waals surface area (Å²) in [5.74, 6) is -0.195. The number of rotatable bonds is 54. The molecule has 0 aromatic carbocycles. The normalized spacial score (nSPS) is 19.0. The maximum Gasteiger partial charge on any atom is 0.305 e. The lowest BCUT2D eigenvalue weighted by Crippen LogP contribution is -2.60. The van der Waals surface area contributed by atoms with Crippen molar-refractivity contribution in [3.63, 3.8) is 0 Å². The van der Waals surface area contributed by atoms with Crippen LogP contribution in [-0.4, -0.2) is 100 Å². The van der Waals surface area contributed by atoms with Crippen molar-refractivity contribution in [1.29, 1.82) is 0 Å². The molecular formula is C63H117NO10. The molecule has 0 aromatic heterocycles. The van der Waals surface area contributed by atoms with Crippen LogP contribution in [0.3, 0.4) is 0 Å². The van der Waals surface area contributed by atoms with Crippen molar-refractivity contribution in [3.8, 4) is 0 Å². The summed E-state index contributed by atoms with van der Waals surface area (Å²) in [6, 6.07) is -0.808. The third kappa shape index (κ3) is 42.0. The van der Waals surface area contributed by atoms with E-state index in [1.807, 2.05) is 6.08 Å². The zero-order valence-corrected chi connectivity index (χ0v) is 47.8. The molecule has 1 rings (SSSR count). The molecule has 7 unspecified atom stereocenters. The van der Waals surface area contributed by atoms with Crippen molar-refractivity contribution in [2.24, 2.45) is 0 Å². The Bertz CT molecular complexity index is 1320. The van der Waals surface area contributed by atoms with Crippen LogP contribution in [0.5, 0.6) is 0 Å². The van der Waals surface area contributed by atoms with Gasteiger partial charge in [-0.05, 0) is 57.8 Å². The molecule has 11 heteroatoms. The van der Waals surface area contributed by atoms with Gasteiger partial charge in [0.25, 0.3) is 0 Å². The SMILES string of the molecule is CCCC/C=C\C/C=C\CCCCCCCC(=O)OCCCCCCCCCCCCCCCCCCCCCCCCCC(=O)NC(COC1OC(CO)C(O)C(O)C1O)C(O)/C=C/CCCCCCCCC. The van der Waals surface area contributed by atoms with E-state index in [0.29, 0.717) is 19.4 Å². The van der Waals surface area contributed by atoms with E-state index >= 15 is 0 Å². The van der Waals surface area contributed by atoms with E-state index < -0.39 is 49.5 Å². The van der Waals surface area contributed by atoms with Gasteiger partial charge in [0, 0.05) is 12.8 Å². The number of aliphatic hydroxyl groups is 5. The Hall–Kier alpha value is -2.12. The first-order chi connectivity index (χ1) is 36.2. The molecule has 6 N–H and O–H groups in total. The fraction of sp³-hybridized carbons (Fsp3) is 0.873. The zero-order chi connectivity index (χ0) is 53.8. The van der Waals surface area contributed by atoms with Gasteiger partial charge >= 0.3 is 5.97 Å². The smallest absolute Gasteiger partial charge is 0.305 e. The molecule has 0 radical (unpaired) electrons.